The molecule has 0 saturated heterocycles. The van der Waals surface area contributed by atoms with Crippen LogP contribution in [0.3, 0.4) is 0 Å². The highest BCUT2D eigenvalue weighted by Gasteiger charge is 2.33. The van der Waals surface area contributed by atoms with E-state index in [1.54, 1.807) is 0 Å². The first-order valence-electron chi connectivity index (χ1n) is 4.70. The predicted octanol–water partition coefficient (Wildman–Crippen LogP) is 3.05. The Hall–Kier alpha value is -0.380. The summed E-state index contributed by atoms with van der Waals surface area (Å²) in [5, 5.41) is 3.98. The molecule has 0 atom stereocenters. The van der Waals surface area contributed by atoms with Crippen LogP contribution in [0.15, 0.2) is 9.32 Å². The SMILES string of the molecule is CC1(c2noc(Br)n2)CCCCC1. The van der Waals surface area contributed by atoms with Crippen LogP contribution in [0.5, 0.6) is 0 Å². The van der Waals surface area contributed by atoms with E-state index in [1.165, 1.54) is 32.1 Å². The molecule has 2 rings (SSSR count). The van der Waals surface area contributed by atoms with Gasteiger partial charge in [0.15, 0.2) is 5.82 Å². The number of nitrogens with zero attached hydrogens (tertiary/aromatic N) is 2. The summed E-state index contributed by atoms with van der Waals surface area (Å²) in [7, 11) is 0. The normalized spacial score (nSPS) is 21.7. The van der Waals surface area contributed by atoms with Crippen molar-refractivity contribution < 1.29 is 4.52 Å². The van der Waals surface area contributed by atoms with Gasteiger partial charge in [0.25, 0.3) is 4.80 Å². The molecule has 3 nitrogen and oxygen atoms in total. The Kier molecular flexibility index (Phi) is 2.41. The van der Waals surface area contributed by atoms with E-state index >= 15 is 0 Å². The number of aromatic nitrogens is 2. The Labute approximate surface area is 86.0 Å². The quantitative estimate of drug-likeness (QED) is 0.763. The number of rotatable bonds is 1. The lowest BCUT2D eigenvalue weighted by Crippen LogP contribution is -2.26. The van der Waals surface area contributed by atoms with Crippen LogP contribution >= 0.6 is 15.9 Å². The van der Waals surface area contributed by atoms with E-state index in [4.69, 9.17) is 4.52 Å². The van der Waals surface area contributed by atoms with E-state index in [9.17, 15) is 0 Å². The van der Waals surface area contributed by atoms with Gasteiger partial charge >= 0.3 is 0 Å². The zero-order valence-corrected chi connectivity index (χ0v) is 9.30. The zero-order valence-electron chi connectivity index (χ0n) is 7.72. The van der Waals surface area contributed by atoms with Gasteiger partial charge in [-0.3, -0.25) is 0 Å². The Morgan fingerprint density at radius 2 is 2.00 bits per heavy atom. The highest BCUT2D eigenvalue weighted by atomic mass is 79.9. The minimum atomic E-state index is 0.147. The predicted molar refractivity (Wildman–Crippen MR) is 52.4 cm³/mol. The van der Waals surface area contributed by atoms with E-state index in [0.29, 0.717) is 4.80 Å². The van der Waals surface area contributed by atoms with E-state index < -0.39 is 0 Å². The molecule has 1 aromatic heterocycles. The molecule has 1 aromatic rings. The molecular formula is C9H13BrN2O. The lowest BCUT2D eigenvalue weighted by Gasteiger charge is -2.29. The number of hydrogen-bond donors (Lipinski definition) is 0. The number of halogens is 1. The van der Waals surface area contributed by atoms with Crippen molar-refractivity contribution in [1.82, 2.24) is 10.1 Å². The summed E-state index contributed by atoms with van der Waals surface area (Å²) in [6.45, 7) is 2.23. The molecule has 1 aliphatic rings. The third-order valence-electron chi connectivity index (χ3n) is 2.90. The third-order valence-corrected chi connectivity index (χ3v) is 3.22. The van der Waals surface area contributed by atoms with E-state index in [0.717, 1.165) is 5.82 Å². The molecule has 0 bridgehead atoms. The maximum absolute atomic E-state index is 4.94. The van der Waals surface area contributed by atoms with Gasteiger partial charge in [-0.05, 0) is 12.8 Å². The molecule has 0 unspecified atom stereocenters. The van der Waals surface area contributed by atoms with Gasteiger partial charge in [0.05, 0.1) is 0 Å². The molecular weight excluding hydrogens is 232 g/mol. The fourth-order valence-corrected chi connectivity index (χ4v) is 2.25. The van der Waals surface area contributed by atoms with E-state index in [-0.39, 0.29) is 5.41 Å². The standard InChI is InChI=1S/C9H13BrN2O/c1-9(5-3-2-4-6-9)7-11-8(10)13-12-7/h2-6H2,1H3. The van der Waals surface area contributed by atoms with Gasteiger partial charge < -0.3 is 4.52 Å². The minimum absolute atomic E-state index is 0.147. The lowest BCUT2D eigenvalue weighted by atomic mass is 9.75. The summed E-state index contributed by atoms with van der Waals surface area (Å²) >= 11 is 3.18. The van der Waals surface area contributed by atoms with Crippen LogP contribution in [0.4, 0.5) is 0 Å². The fraction of sp³-hybridized carbons (Fsp3) is 0.778. The topological polar surface area (TPSA) is 38.9 Å². The van der Waals surface area contributed by atoms with Crippen molar-refractivity contribution in [2.75, 3.05) is 0 Å². The largest absolute Gasteiger partial charge is 0.327 e. The van der Waals surface area contributed by atoms with E-state index in [1.807, 2.05) is 0 Å². The molecule has 72 valence electrons. The molecule has 0 aliphatic heterocycles. The third kappa shape index (κ3) is 1.77. The molecule has 1 heterocycles. The first kappa shape index (κ1) is 9.19. The summed E-state index contributed by atoms with van der Waals surface area (Å²) < 4.78 is 4.94. The first-order chi connectivity index (χ1) is 6.21. The van der Waals surface area contributed by atoms with Crippen molar-refractivity contribution in [3.8, 4) is 0 Å². The Balaban J connectivity index is 2.22. The van der Waals surface area contributed by atoms with Crippen molar-refractivity contribution in [2.45, 2.75) is 44.4 Å². The monoisotopic (exact) mass is 244 g/mol. The second-order valence-electron chi connectivity index (χ2n) is 3.99. The first-order valence-corrected chi connectivity index (χ1v) is 5.50. The maximum Gasteiger partial charge on any atom is 0.293 e. The Bertz CT molecular complexity index is 292. The van der Waals surface area contributed by atoms with Crippen molar-refractivity contribution in [3.05, 3.63) is 10.6 Å². The van der Waals surface area contributed by atoms with Gasteiger partial charge in [-0.15, -0.1) is 0 Å². The van der Waals surface area contributed by atoms with Gasteiger partial charge in [-0.2, -0.15) is 4.98 Å². The molecule has 1 saturated carbocycles. The lowest BCUT2D eigenvalue weighted by molar-refractivity contribution is 0.288. The smallest absolute Gasteiger partial charge is 0.293 e. The van der Waals surface area contributed by atoms with Crippen LogP contribution in [0, 0.1) is 0 Å². The van der Waals surface area contributed by atoms with Crippen LogP contribution in [-0.4, -0.2) is 10.1 Å². The highest BCUT2D eigenvalue weighted by molar-refractivity contribution is 9.10. The molecule has 1 fully saturated rings. The van der Waals surface area contributed by atoms with Gasteiger partial charge in [0.1, 0.15) is 0 Å². The molecule has 1 aliphatic carbocycles. The molecule has 0 aromatic carbocycles. The van der Waals surface area contributed by atoms with Crippen molar-refractivity contribution in [3.63, 3.8) is 0 Å². The summed E-state index contributed by atoms with van der Waals surface area (Å²) in [5.74, 6) is 0.860. The van der Waals surface area contributed by atoms with Crippen LogP contribution < -0.4 is 0 Å². The molecule has 0 N–H and O–H groups in total. The molecule has 0 amide bonds. The van der Waals surface area contributed by atoms with Crippen LogP contribution in [0.2, 0.25) is 0 Å². The van der Waals surface area contributed by atoms with Crippen LogP contribution in [0.25, 0.3) is 0 Å². The van der Waals surface area contributed by atoms with Crippen molar-refractivity contribution in [2.24, 2.45) is 0 Å². The molecule has 0 spiro atoms. The highest BCUT2D eigenvalue weighted by Crippen LogP contribution is 2.37. The minimum Gasteiger partial charge on any atom is -0.327 e. The molecule has 0 radical (unpaired) electrons. The van der Waals surface area contributed by atoms with Crippen molar-refractivity contribution >= 4 is 15.9 Å². The van der Waals surface area contributed by atoms with Gasteiger partial charge in [-0.1, -0.05) is 31.3 Å². The number of hydrogen-bond acceptors (Lipinski definition) is 3. The Morgan fingerprint density at radius 1 is 1.31 bits per heavy atom. The Morgan fingerprint density at radius 3 is 2.54 bits per heavy atom. The second kappa shape index (κ2) is 3.40. The van der Waals surface area contributed by atoms with Gasteiger partial charge in [0, 0.05) is 21.3 Å². The summed E-state index contributed by atoms with van der Waals surface area (Å²) in [6.07, 6.45) is 6.26. The maximum atomic E-state index is 4.94. The van der Waals surface area contributed by atoms with Gasteiger partial charge in [0.2, 0.25) is 0 Å². The summed E-state index contributed by atoms with van der Waals surface area (Å²) in [6, 6.07) is 0. The summed E-state index contributed by atoms with van der Waals surface area (Å²) in [5.41, 5.74) is 0.147. The average molecular weight is 245 g/mol. The molecule has 13 heavy (non-hydrogen) atoms. The summed E-state index contributed by atoms with van der Waals surface area (Å²) in [4.78, 5) is 4.74. The van der Waals surface area contributed by atoms with E-state index in [2.05, 4.69) is 33.0 Å². The zero-order chi connectivity index (χ0) is 9.31. The fourth-order valence-electron chi connectivity index (χ4n) is 2.01. The van der Waals surface area contributed by atoms with Crippen LogP contribution in [-0.2, 0) is 5.41 Å². The van der Waals surface area contributed by atoms with Crippen molar-refractivity contribution in [1.29, 1.82) is 0 Å². The average Bonchev–Trinajstić information content (AvgIpc) is 2.54. The molecule has 4 heteroatoms. The van der Waals surface area contributed by atoms with Crippen LogP contribution in [0.1, 0.15) is 44.9 Å². The second-order valence-corrected chi connectivity index (χ2v) is 4.67. The van der Waals surface area contributed by atoms with Gasteiger partial charge in [-0.25, -0.2) is 0 Å².